The minimum Gasteiger partial charge on any atom is -0.504 e. The van der Waals surface area contributed by atoms with Crippen molar-refractivity contribution < 1.29 is 15.0 Å². The molecule has 1 atom stereocenters. The number of carbonyl (C=O) groups excluding carboxylic acids is 1. The predicted molar refractivity (Wildman–Crippen MR) is 71.3 cm³/mol. The second-order valence-electron chi connectivity index (χ2n) is 4.20. The molecule has 1 amide bonds. The molecule has 5 nitrogen and oxygen atoms in total. The maximum atomic E-state index is 11.8. The molecule has 1 rings (SSSR count). The van der Waals surface area contributed by atoms with Gasteiger partial charge in [0.05, 0.1) is 0 Å². The van der Waals surface area contributed by atoms with Crippen LogP contribution in [0, 0.1) is 11.3 Å². The van der Waals surface area contributed by atoms with Crippen LogP contribution in [-0.2, 0) is 4.79 Å². The second kappa shape index (κ2) is 6.45. The molecule has 0 fully saturated rings. The average molecular weight is 260 g/mol. The molecule has 0 aromatic heterocycles. The van der Waals surface area contributed by atoms with Crippen molar-refractivity contribution in [3.05, 3.63) is 29.3 Å². The van der Waals surface area contributed by atoms with Gasteiger partial charge in [-0.05, 0) is 37.1 Å². The maximum Gasteiger partial charge on any atom is 0.262 e. The number of nitrogens with zero attached hydrogens (tertiary/aromatic N) is 1. The first-order valence-electron chi connectivity index (χ1n) is 5.92. The minimum absolute atomic E-state index is 0.0162. The van der Waals surface area contributed by atoms with Gasteiger partial charge in [-0.2, -0.15) is 5.26 Å². The van der Waals surface area contributed by atoms with Gasteiger partial charge in [0.25, 0.3) is 5.91 Å². The summed E-state index contributed by atoms with van der Waals surface area (Å²) in [5.41, 5.74) is 0.413. The van der Waals surface area contributed by atoms with Crippen LogP contribution >= 0.6 is 0 Å². The maximum absolute atomic E-state index is 11.8. The molecular weight excluding hydrogens is 244 g/mol. The molecule has 0 aliphatic heterocycles. The van der Waals surface area contributed by atoms with Gasteiger partial charge in [0.2, 0.25) is 0 Å². The number of phenols is 2. The molecule has 3 N–H and O–H groups in total. The van der Waals surface area contributed by atoms with Gasteiger partial charge in [-0.25, -0.2) is 0 Å². The highest BCUT2D eigenvalue weighted by molar-refractivity contribution is 6.01. The van der Waals surface area contributed by atoms with Crippen molar-refractivity contribution in [2.75, 3.05) is 0 Å². The molecule has 1 unspecified atom stereocenters. The summed E-state index contributed by atoms with van der Waals surface area (Å²) in [7, 11) is 0. The number of nitrogens with one attached hydrogen (secondary N) is 1. The van der Waals surface area contributed by atoms with E-state index in [1.807, 2.05) is 19.9 Å². The van der Waals surface area contributed by atoms with E-state index in [1.54, 1.807) is 0 Å². The number of nitriles is 1. The van der Waals surface area contributed by atoms with Gasteiger partial charge >= 0.3 is 0 Å². The number of hydrogen-bond donors (Lipinski definition) is 3. The van der Waals surface area contributed by atoms with Crippen LogP contribution in [0.25, 0.3) is 6.08 Å². The molecule has 0 spiro atoms. The summed E-state index contributed by atoms with van der Waals surface area (Å²) < 4.78 is 0. The number of rotatable bonds is 4. The third-order valence-electron chi connectivity index (χ3n) is 2.67. The quantitative estimate of drug-likeness (QED) is 0.438. The fourth-order valence-electron chi connectivity index (χ4n) is 1.35. The lowest BCUT2D eigenvalue weighted by Crippen LogP contribution is -2.32. The molecule has 100 valence electrons. The Labute approximate surface area is 111 Å². The number of aromatic hydroxyl groups is 2. The lowest BCUT2D eigenvalue weighted by Gasteiger charge is -2.10. The molecular formula is C14H16N2O3. The van der Waals surface area contributed by atoms with E-state index in [4.69, 9.17) is 5.26 Å². The van der Waals surface area contributed by atoms with E-state index in [2.05, 4.69) is 5.32 Å². The van der Waals surface area contributed by atoms with Crippen LogP contribution < -0.4 is 5.32 Å². The largest absolute Gasteiger partial charge is 0.504 e. The van der Waals surface area contributed by atoms with Crippen molar-refractivity contribution in [1.82, 2.24) is 5.32 Å². The summed E-state index contributed by atoms with van der Waals surface area (Å²) in [5, 5.41) is 30.2. The standard InChI is InChI=1S/C14H16N2O3/c1-3-9(2)16-14(19)11(8-15)6-10-4-5-12(17)13(18)7-10/h4-7,9,17-18H,3H2,1-2H3,(H,16,19)/b11-6+. The molecule has 5 heteroatoms. The number of hydrogen-bond acceptors (Lipinski definition) is 4. The van der Waals surface area contributed by atoms with Gasteiger partial charge in [0, 0.05) is 6.04 Å². The summed E-state index contributed by atoms with van der Waals surface area (Å²) in [6, 6.07) is 5.88. The Morgan fingerprint density at radius 1 is 1.47 bits per heavy atom. The highest BCUT2D eigenvalue weighted by atomic mass is 16.3. The molecule has 0 aliphatic rings. The summed E-state index contributed by atoms with van der Waals surface area (Å²) in [6.07, 6.45) is 2.13. The van der Waals surface area contributed by atoms with E-state index < -0.39 is 5.91 Å². The zero-order valence-electron chi connectivity index (χ0n) is 10.8. The molecule has 0 bridgehead atoms. The lowest BCUT2D eigenvalue weighted by molar-refractivity contribution is -0.117. The molecule has 0 aliphatic carbocycles. The fraction of sp³-hybridized carbons (Fsp3) is 0.286. The van der Waals surface area contributed by atoms with Crippen LogP contribution in [0.1, 0.15) is 25.8 Å². The summed E-state index contributed by atoms with van der Waals surface area (Å²) in [6.45, 7) is 3.78. The lowest BCUT2D eigenvalue weighted by atomic mass is 10.1. The summed E-state index contributed by atoms with van der Waals surface area (Å²) in [5.74, 6) is -1.00. The first-order chi connectivity index (χ1) is 8.97. The summed E-state index contributed by atoms with van der Waals surface area (Å²) >= 11 is 0. The Balaban J connectivity index is 2.96. The molecule has 1 aromatic carbocycles. The van der Waals surface area contributed by atoms with Crippen molar-refractivity contribution in [1.29, 1.82) is 5.26 Å². The van der Waals surface area contributed by atoms with Gasteiger partial charge in [0.15, 0.2) is 11.5 Å². The normalized spacial score (nSPS) is 12.6. The Morgan fingerprint density at radius 3 is 2.68 bits per heavy atom. The van der Waals surface area contributed by atoms with Crippen molar-refractivity contribution in [3.8, 4) is 17.6 Å². The van der Waals surface area contributed by atoms with Crippen molar-refractivity contribution >= 4 is 12.0 Å². The van der Waals surface area contributed by atoms with Crippen LogP contribution in [0.3, 0.4) is 0 Å². The molecule has 0 saturated carbocycles. The van der Waals surface area contributed by atoms with E-state index in [1.165, 1.54) is 24.3 Å². The zero-order chi connectivity index (χ0) is 14.4. The van der Waals surface area contributed by atoms with Crippen LogP contribution in [-0.4, -0.2) is 22.2 Å². The van der Waals surface area contributed by atoms with Crippen LogP contribution in [0.2, 0.25) is 0 Å². The fourth-order valence-corrected chi connectivity index (χ4v) is 1.35. The van der Waals surface area contributed by atoms with Crippen LogP contribution in [0.5, 0.6) is 11.5 Å². The Kier molecular flexibility index (Phi) is 4.95. The predicted octanol–water partition coefficient (Wildman–Crippen LogP) is 1.92. The third kappa shape index (κ3) is 4.03. The summed E-state index contributed by atoms with van der Waals surface area (Å²) in [4.78, 5) is 11.8. The van der Waals surface area contributed by atoms with Crippen LogP contribution in [0.4, 0.5) is 0 Å². The zero-order valence-corrected chi connectivity index (χ0v) is 10.8. The molecule has 19 heavy (non-hydrogen) atoms. The molecule has 0 radical (unpaired) electrons. The highest BCUT2D eigenvalue weighted by Crippen LogP contribution is 2.25. The second-order valence-corrected chi connectivity index (χ2v) is 4.20. The van der Waals surface area contributed by atoms with Gasteiger partial charge in [-0.1, -0.05) is 13.0 Å². The topological polar surface area (TPSA) is 93.4 Å². The average Bonchev–Trinajstić information content (AvgIpc) is 2.39. The Hall–Kier alpha value is -2.48. The van der Waals surface area contributed by atoms with Crippen molar-refractivity contribution in [3.63, 3.8) is 0 Å². The third-order valence-corrected chi connectivity index (χ3v) is 2.67. The van der Waals surface area contributed by atoms with E-state index in [0.717, 1.165) is 6.42 Å². The van der Waals surface area contributed by atoms with Crippen molar-refractivity contribution in [2.24, 2.45) is 0 Å². The highest BCUT2D eigenvalue weighted by Gasteiger charge is 2.11. The van der Waals surface area contributed by atoms with Gasteiger partial charge in [0.1, 0.15) is 11.6 Å². The van der Waals surface area contributed by atoms with E-state index in [9.17, 15) is 15.0 Å². The Bertz CT molecular complexity index is 544. The van der Waals surface area contributed by atoms with Crippen LogP contribution in [0.15, 0.2) is 23.8 Å². The first-order valence-corrected chi connectivity index (χ1v) is 5.92. The van der Waals surface area contributed by atoms with Gasteiger partial charge in [-0.3, -0.25) is 4.79 Å². The smallest absolute Gasteiger partial charge is 0.262 e. The van der Waals surface area contributed by atoms with Gasteiger partial charge < -0.3 is 15.5 Å². The molecule has 1 aromatic rings. The van der Waals surface area contributed by atoms with Crippen molar-refractivity contribution in [2.45, 2.75) is 26.3 Å². The molecule has 0 heterocycles. The van der Waals surface area contributed by atoms with E-state index >= 15 is 0 Å². The first kappa shape index (κ1) is 14.6. The van der Waals surface area contributed by atoms with Gasteiger partial charge in [-0.15, -0.1) is 0 Å². The number of benzene rings is 1. The van der Waals surface area contributed by atoms with E-state index in [0.29, 0.717) is 5.56 Å². The SMILES string of the molecule is CCC(C)NC(=O)/C(C#N)=C/c1ccc(O)c(O)c1. The number of carbonyl (C=O) groups is 1. The molecule has 0 saturated heterocycles. The number of amides is 1. The monoisotopic (exact) mass is 260 g/mol. The number of phenolic OH excluding ortho intramolecular Hbond substituents is 2. The minimum atomic E-state index is -0.454. The Morgan fingerprint density at radius 2 is 2.16 bits per heavy atom. The van der Waals surface area contributed by atoms with E-state index in [-0.39, 0.29) is 23.1 Å².